The third kappa shape index (κ3) is 4.19. The lowest BCUT2D eigenvalue weighted by atomic mass is 9.96. The van der Waals surface area contributed by atoms with Crippen molar-refractivity contribution in [3.63, 3.8) is 0 Å². The Kier molecular flexibility index (Phi) is 6.31. The van der Waals surface area contributed by atoms with Gasteiger partial charge in [0.25, 0.3) is 0 Å². The maximum absolute atomic E-state index is 5.91. The Hall–Kier alpha value is -3.64. The van der Waals surface area contributed by atoms with E-state index in [1.807, 2.05) is 30.5 Å². The van der Waals surface area contributed by atoms with E-state index in [2.05, 4.69) is 84.1 Å². The van der Waals surface area contributed by atoms with Crippen molar-refractivity contribution in [3.8, 4) is 11.4 Å². The minimum atomic E-state index is -0.0700. The molecular weight excluding hydrogens is 452 g/mol. The monoisotopic (exact) mass is 482 g/mol. The number of methoxy groups -OCH3 is 1. The Morgan fingerprint density at radius 1 is 0.971 bits per heavy atom. The molecule has 3 heterocycles. The summed E-state index contributed by atoms with van der Waals surface area (Å²) in [5, 5.41) is 4.29. The van der Waals surface area contributed by atoms with Crippen LogP contribution in [-0.4, -0.2) is 21.8 Å². The van der Waals surface area contributed by atoms with Crippen LogP contribution in [0.15, 0.2) is 79.0 Å². The third-order valence-corrected chi connectivity index (χ3v) is 7.15. The van der Waals surface area contributed by atoms with Crippen LogP contribution in [0.25, 0.3) is 5.69 Å². The molecule has 35 heavy (non-hydrogen) atoms. The highest BCUT2D eigenvalue weighted by Crippen LogP contribution is 2.43. The van der Waals surface area contributed by atoms with E-state index < -0.39 is 0 Å². The number of nitrogens with one attached hydrogen (secondary N) is 1. The van der Waals surface area contributed by atoms with E-state index in [0.717, 1.165) is 29.2 Å². The lowest BCUT2D eigenvalue weighted by Crippen LogP contribution is -2.29. The highest BCUT2D eigenvalue weighted by Gasteiger charge is 2.42. The zero-order valence-electron chi connectivity index (χ0n) is 20.5. The van der Waals surface area contributed by atoms with Gasteiger partial charge in [-0.1, -0.05) is 25.1 Å². The van der Waals surface area contributed by atoms with E-state index in [1.165, 1.54) is 22.5 Å². The molecule has 1 aliphatic rings. The van der Waals surface area contributed by atoms with Crippen LogP contribution in [0.4, 0.5) is 5.69 Å². The summed E-state index contributed by atoms with van der Waals surface area (Å²) in [6, 6.07) is 25.1. The predicted octanol–water partition coefficient (Wildman–Crippen LogP) is 6.24. The van der Waals surface area contributed by atoms with Crippen LogP contribution in [-0.2, 0) is 6.42 Å². The van der Waals surface area contributed by atoms with Crippen LogP contribution < -0.4 is 15.0 Å². The number of ether oxygens (including phenoxy) is 1. The second-order valence-electron chi connectivity index (χ2n) is 8.88. The van der Waals surface area contributed by atoms with Gasteiger partial charge in [-0.3, -0.25) is 4.98 Å². The number of aromatic nitrogens is 2. The third-order valence-electron chi connectivity index (χ3n) is 6.84. The van der Waals surface area contributed by atoms with E-state index in [-0.39, 0.29) is 12.1 Å². The topological polar surface area (TPSA) is 42.3 Å². The lowest BCUT2D eigenvalue weighted by Gasteiger charge is -2.28. The van der Waals surface area contributed by atoms with E-state index in [4.69, 9.17) is 21.9 Å². The summed E-state index contributed by atoms with van der Waals surface area (Å²) >= 11 is 5.91. The SMILES string of the molecule is CCc1ccc(N2C(=S)N[C@@H](c3ccccn3)[C@H]2c2cc(C)n(-c3ccc(OC)cc3)c2C)cc1. The second kappa shape index (κ2) is 9.55. The van der Waals surface area contributed by atoms with Gasteiger partial charge in [-0.05, 0) is 98.2 Å². The second-order valence-corrected chi connectivity index (χ2v) is 9.26. The van der Waals surface area contributed by atoms with Crippen LogP contribution in [0.1, 0.15) is 47.2 Å². The first-order chi connectivity index (χ1) is 17.0. The fourth-order valence-corrected chi connectivity index (χ4v) is 5.40. The fraction of sp³-hybridized carbons (Fsp3) is 0.241. The maximum Gasteiger partial charge on any atom is 0.174 e. The van der Waals surface area contributed by atoms with Gasteiger partial charge >= 0.3 is 0 Å². The summed E-state index contributed by atoms with van der Waals surface area (Å²) in [6.45, 7) is 6.50. The Balaban J connectivity index is 1.64. The molecule has 1 fully saturated rings. The van der Waals surface area contributed by atoms with Gasteiger partial charge in [0, 0.05) is 29.0 Å². The molecule has 5 rings (SSSR count). The highest BCUT2D eigenvalue weighted by molar-refractivity contribution is 7.80. The molecule has 0 saturated carbocycles. The Bertz CT molecular complexity index is 1330. The highest BCUT2D eigenvalue weighted by atomic mass is 32.1. The van der Waals surface area contributed by atoms with Gasteiger partial charge in [-0.15, -0.1) is 0 Å². The molecular formula is C29H30N4OS. The average molecular weight is 483 g/mol. The smallest absolute Gasteiger partial charge is 0.174 e. The minimum absolute atomic E-state index is 0.0388. The fourth-order valence-electron chi connectivity index (χ4n) is 5.06. The molecule has 0 spiro atoms. The van der Waals surface area contributed by atoms with Gasteiger partial charge in [-0.2, -0.15) is 0 Å². The molecule has 1 aliphatic heterocycles. The van der Waals surface area contributed by atoms with Gasteiger partial charge in [0.1, 0.15) is 5.75 Å². The van der Waals surface area contributed by atoms with Crippen molar-refractivity contribution < 1.29 is 4.74 Å². The number of aryl methyl sites for hydroxylation is 2. The van der Waals surface area contributed by atoms with Gasteiger partial charge in [0.15, 0.2) is 5.11 Å². The van der Waals surface area contributed by atoms with Crippen molar-refractivity contribution in [3.05, 3.63) is 107 Å². The first-order valence-corrected chi connectivity index (χ1v) is 12.4. The molecule has 6 heteroatoms. The molecule has 2 atom stereocenters. The van der Waals surface area contributed by atoms with Crippen molar-refractivity contribution in [2.45, 2.75) is 39.3 Å². The molecule has 0 amide bonds. The molecule has 1 saturated heterocycles. The van der Waals surface area contributed by atoms with Crippen LogP contribution in [0.3, 0.4) is 0 Å². The first kappa shape index (κ1) is 23.1. The van der Waals surface area contributed by atoms with Crippen LogP contribution >= 0.6 is 12.2 Å². The Morgan fingerprint density at radius 3 is 2.31 bits per heavy atom. The zero-order chi connectivity index (χ0) is 24.5. The summed E-state index contributed by atoms with van der Waals surface area (Å²) in [7, 11) is 1.69. The number of nitrogens with zero attached hydrogens (tertiary/aromatic N) is 3. The molecule has 0 radical (unpaired) electrons. The molecule has 178 valence electrons. The quantitative estimate of drug-likeness (QED) is 0.330. The lowest BCUT2D eigenvalue weighted by molar-refractivity contribution is 0.414. The number of rotatable bonds is 6. The Labute approximate surface area is 212 Å². The van der Waals surface area contributed by atoms with Gasteiger partial charge in [0.05, 0.1) is 24.9 Å². The van der Waals surface area contributed by atoms with Gasteiger partial charge in [-0.25, -0.2) is 0 Å². The van der Waals surface area contributed by atoms with E-state index in [0.29, 0.717) is 5.11 Å². The van der Waals surface area contributed by atoms with Crippen molar-refractivity contribution in [2.24, 2.45) is 0 Å². The van der Waals surface area contributed by atoms with Crippen molar-refractivity contribution in [2.75, 3.05) is 12.0 Å². The summed E-state index contributed by atoms with van der Waals surface area (Å²) < 4.78 is 7.66. The van der Waals surface area contributed by atoms with Crippen LogP contribution in [0.5, 0.6) is 5.75 Å². The average Bonchev–Trinajstić information content (AvgIpc) is 3.39. The summed E-state index contributed by atoms with van der Waals surface area (Å²) in [5.74, 6) is 0.846. The molecule has 2 aromatic carbocycles. The summed E-state index contributed by atoms with van der Waals surface area (Å²) in [4.78, 5) is 6.94. The summed E-state index contributed by atoms with van der Waals surface area (Å²) in [5.41, 5.74) is 8.04. The number of anilines is 1. The van der Waals surface area contributed by atoms with E-state index >= 15 is 0 Å². The van der Waals surface area contributed by atoms with Crippen LogP contribution in [0, 0.1) is 13.8 Å². The number of hydrogen-bond acceptors (Lipinski definition) is 3. The molecule has 0 aliphatic carbocycles. The summed E-state index contributed by atoms with van der Waals surface area (Å²) in [6.07, 6.45) is 2.85. The number of benzene rings is 2. The molecule has 0 bridgehead atoms. The van der Waals surface area contributed by atoms with Crippen molar-refractivity contribution in [1.82, 2.24) is 14.9 Å². The minimum Gasteiger partial charge on any atom is -0.497 e. The van der Waals surface area contributed by atoms with Gasteiger partial charge < -0.3 is 19.5 Å². The van der Waals surface area contributed by atoms with Crippen LogP contribution in [0.2, 0.25) is 0 Å². The molecule has 5 nitrogen and oxygen atoms in total. The first-order valence-electron chi connectivity index (χ1n) is 11.9. The number of pyridine rings is 1. The number of thiocarbonyl (C=S) groups is 1. The maximum atomic E-state index is 5.91. The van der Waals surface area contributed by atoms with E-state index in [9.17, 15) is 0 Å². The molecule has 1 N–H and O–H groups in total. The normalized spacial score (nSPS) is 17.5. The van der Waals surface area contributed by atoms with Crippen molar-refractivity contribution in [1.29, 1.82) is 0 Å². The predicted molar refractivity (Wildman–Crippen MR) is 146 cm³/mol. The molecule has 0 unspecified atom stereocenters. The Morgan fingerprint density at radius 2 is 1.69 bits per heavy atom. The number of hydrogen-bond donors (Lipinski definition) is 1. The van der Waals surface area contributed by atoms with Crippen molar-refractivity contribution >= 4 is 23.0 Å². The zero-order valence-corrected chi connectivity index (χ0v) is 21.3. The van der Waals surface area contributed by atoms with E-state index in [1.54, 1.807) is 7.11 Å². The largest absolute Gasteiger partial charge is 0.497 e. The van der Waals surface area contributed by atoms with Gasteiger partial charge in [0.2, 0.25) is 0 Å². The standard InChI is InChI=1S/C29H30N4OS/c1-5-21-9-11-23(12-10-21)33-28(27(31-29(33)35)26-8-6-7-17-30-26)25-18-19(2)32(20(25)3)22-13-15-24(34-4)16-14-22/h6-18,27-28H,5H2,1-4H3,(H,31,35)/t27-,28+/m0/s1. The molecule has 4 aromatic rings. The molecule has 2 aromatic heterocycles.